The number of benzene rings is 2. The minimum atomic E-state index is -1.05. The van der Waals surface area contributed by atoms with Crippen LogP contribution in [0.15, 0.2) is 54.6 Å². The van der Waals surface area contributed by atoms with E-state index in [0.717, 1.165) is 73.7 Å². The molecule has 230 valence electrons. The summed E-state index contributed by atoms with van der Waals surface area (Å²) in [5.41, 5.74) is 8.27. The first-order valence-corrected chi connectivity index (χ1v) is 15.6. The lowest BCUT2D eigenvalue weighted by Crippen LogP contribution is -2.42. The van der Waals surface area contributed by atoms with Crippen molar-refractivity contribution in [1.82, 2.24) is 19.7 Å². The topological polar surface area (TPSA) is 89.7 Å². The van der Waals surface area contributed by atoms with Crippen LogP contribution in [-0.4, -0.2) is 56.5 Å². The van der Waals surface area contributed by atoms with E-state index in [1.165, 1.54) is 11.1 Å². The van der Waals surface area contributed by atoms with E-state index in [-0.39, 0.29) is 5.69 Å². The van der Waals surface area contributed by atoms with E-state index in [1.807, 2.05) is 51.1 Å². The first-order valence-electron chi connectivity index (χ1n) is 15.6. The third kappa shape index (κ3) is 6.01. The molecule has 6 rings (SSSR count). The van der Waals surface area contributed by atoms with Crippen molar-refractivity contribution in [2.45, 2.75) is 78.6 Å². The van der Waals surface area contributed by atoms with E-state index in [4.69, 9.17) is 14.5 Å². The zero-order chi connectivity index (χ0) is 31.0. The molecule has 8 heteroatoms. The Hall–Kier alpha value is -4.01. The van der Waals surface area contributed by atoms with Gasteiger partial charge in [0.2, 0.25) is 0 Å². The lowest BCUT2D eigenvalue weighted by Gasteiger charge is -2.37. The van der Waals surface area contributed by atoms with E-state index in [0.29, 0.717) is 29.6 Å². The minimum absolute atomic E-state index is 0.0445. The second-order valence-electron chi connectivity index (χ2n) is 13.0. The largest absolute Gasteiger partial charge is 0.488 e. The highest BCUT2D eigenvalue weighted by Crippen LogP contribution is 2.36. The molecule has 2 aromatic heterocycles. The summed E-state index contributed by atoms with van der Waals surface area (Å²) in [6.07, 6.45) is 3.31. The van der Waals surface area contributed by atoms with Gasteiger partial charge < -0.3 is 14.6 Å². The highest BCUT2D eigenvalue weighted by molar-refractivity contribution is 5.89. The number of carboxylic acids is 1. The third-order valence-electron chi connectivity index (χ3n) is 8.84. The predicted octanol–water partition coefficient (Wildman–Crippen LogP) is 6.80. The van der Waals surface area contributed by atoms with E-state index < -0.39 is 11.5 Å². The highest BCUT2D eigenvalue weighted by Gasteiger charge is 2.28. The van der Waals surface area contributed by atoms with Crippen LogP contribution in [0, 0.1) is 13.8 Å². The Morgan fingerprint density at radius 3 is 2.52 bits per heavy atom. The second-order valence-corrected chi connectivity index (χ2v) is 13.0. The number of nitrogens with zero attached hydrogens (tertiary/aromatic N) is 4. The average molecular weight is 595 g/mol. The van der Waals surface area contributed by atoms with Crippen LogP contribution in [0.25, 0.3) is 22.6 Å². The molecule has 0 aliphatic carbocycles. The zero-order valence-electron chi connectivity index (χ0n) is 26.4. The summed E-state index contributed by atoms with van der Waals surface area (Å²) in [5, 5.41) is 14.2. The van der Waals surface area contributed by atoms with Gasteiger partial charge in [-0.3, -0.25) is 9.58 Å². The maximum atomic E-state index is 11.9. The molecule has 2 aliphatic rings. The number of carbonyl (C=O) groups is 1. The van der Waals surface area contributed by atoms with Gasteiger partial charge in [-0.15, -0.1) is 0 Å². The zero-order valence-corrected chi connectivity index (χ0v) is 26.4. The smallest absolute Gasteiger partial charge is 0.356 e. The lowest BCUT2D eigenvalue weighted by atomic mass is 9.95. The lowest BCUT2D eigenvalue weighted by molar-refractivity contribution is 0.0290. The van der Waals surface area contributed by atoms with Gasteiger partial charge in [-0.1, -0.05) is 36.4 Å². The first kappa shape index (κ1) is 30.0. The number of pyridine rings is 1. The summed E-state index contributed by atoms with van der Waals surface area (Å²) >= 11 is 0. The van der Waals surface area contributed by atoms with Crippen LogP contribution in [0.1, 0.15) is 71.9 Å². The summed E-state index contributed by atoms with van der Waals surface area (Å²) < 4.78 is 13.9. The predicted molar refractivity (Wildman–Crippen MR) is 171 cm³/mol. The van der Waals surface area contributed by atoms with Gasteiger partial charge in [0.05, 0.1) is 22.6 Å². The molecule has 0 amide bonds. The van der Waals surface area contributed by atoms with Crippen LogP contribution in [-0.2, 0) is 29.8 Å². The summed E-state index contributed by atoms with van der Waals surface area (Å²) in [4.78, 5) is 19.6. The van der Waals surface area contributed by atoms with Crippen molar-refractivity contribution in [3.63, 3.8) is 0 Å². The minimum Gasteiger partial charge on any atom is -0.488 e. The van der Waals surface area contributed by atoms with E-state index >= 15 is 0 Å². The number of aromatic nitrogens is 3. The Balaban J connectivity index is 1.25. The van der Waals surface area contributed by atoms with Gasteiger partial charge in [0, 0.05) is 43.5 Å². The van der Waals surface area contributed by atoms with Gasteiger partial charge in [-0.25, -0.2) is 9.78 Å². The number of hydrogen-bond donors (Lipinski definition) is 1. The van der Waals surface area contributed by atoms with Gasteiger partial charge >= 0.3 is 5.97 Å². The van der Waals surface area contributed by atoms with E-state index in [2.05, 4.69) is 41.2 Å². The molecule has 1 fully saturated rings. The fraction of sp³-hybridized carbons (Fsp3) is 0.417. The molecule has 4 heterocycles. The number of aryl methyl sites for hydroxylation is 1. The monoisotopic (exact) mass is 594 g/mol. The molecule has 0 bridgehead atoms. The standard InChI is InChI=1S/C36H42N4O4/c1-23-8-6-9-29(30-10-7-11-31(37-30)33-24(2)32(35(41)42)38-40(33)36(3,4)5)34(23)44-22-25-12-13-27-21-39(17-14-26(27)20-25)28-15-18-43-19-16-28/h6-13,20,28H,14-19,21-22H2,1-5H3,(H,41,42). The van der Waals surface area contributed by atoms with Gasteiger partial charge in [0.15, 0.2) is 5.69 Å². The molecule has 0 radical (unpaired) electrons. The Kier molecular flexibility index (Phi) is 8.31. The number of para-hydroxylation sites is 1. The molecule has 1 saturated heterocycles. The summed E-state index contributed by atoms with van der Waals surface area (Å²) in [6.45, 7) is 14.2. The van der Waals surface area contributed by atoms with Crippen molar-refractivity contribution in [3.05, 3.63) is 88.1 Å². The number of rotatable bonds is 7. The van der Waals surface area contributed by atoms with Crippen molar-refractivity contribution >= 4 is 5.97 Å². The van der Waals surface area contributed by atoms with Crippen molar-refractivity contribution < 1.29 is 19.4 Å². The molecule has 0 unspecified atom stereocenters. The quantitative estimate of drug-likeness (QED) is 0.252. The molecular weight excluding hydrogens is 552 g/mol. The van der Waals surface area contributed by atoms with Gasteiger partial charge in [-0.2, -0.15) is 5.10 Å². The average Bonchev–Trinajstić information content (AvgIpc) is 3.38. The normalized spacial score (nSPS) is 16.1. The molecule has 4 aromatic rings. The van der Waals surface area contributed by atoms with Crippen LogP contribution in [0.3, 0.4) is 0 Å². The summed E-state index contributed by atoms with van der Waals surface area (Å²) in [7, 11) is 0. The number of fused-ring (bicyclic) bond motifs is 1. The molecule has 2 aromatic carbocycles. The maximum Gasteiger partial charge on any atom is 0.356 e. The molecule has 1 N–H and O–H groups in total. The highest BCUT2D eigenvalue weighted by atomic mass is 16.5. The van der Waals surface area contributed by atoms with Crippen LogP contribution >= 0.6 is 0 Å². The molecule has 8 nitrogen and oxygen atoms in total. The Morgan fingerprint density at radius 1 is 1.02 bits per heavy atom. The van der Waals surface area contributed by atoms with Crippen molar-refractivity contribution in [2.75, 3.05) is 19.8 Å². The molecule has 0 spiro atoms. The van der Waals surface area contributed by atoms with E-state index in [9.17, 15) is 9.90 Å². The number of aromatic carboxylic acids is 1. The van der Waals surface area contributed by atoms with Crippen LogP contribution in [0.5, 0.6) is 5.75 Å². The molecular formula is C36H42N4O4. The molecule has 0 atom stereocenters. The molecule has 0 saturated carbocycles. The van der Waals surface area contributed by atoms with Gasteiger partial charge in [0.1, 0.15) is 12.4 Å². The summed E-state index contributed by atoms with van der Waals surface area (Å²) in [6, 6.07) is 19.3. The van der Waals surface area contributed by atoms with Crippen LogP contribution < -0.4 is 4.74 Å². The van der Waals surface area contributed by atoms with Crippen molar-refractivity contribution in [3.8, 4) is 28.4 Å². The fourth-order valence-corrected chi connectivity index (χ4v) is 6.48. The van der Waals surface area contributed by atoms with Gasteiger partial charge in [-0.05, 0) is 94.3 Å². The molecule has 44 heavy (non-hydrogen) atoms. The van der Waals surface area contributed by atoms with Crippen molar-refractivity contribution in [2.24, 2.45) is 0 Å². The van der Waals surface area contributed by atoms with E-state index in [1.54, 1.807) is 11.6 Å². The second kappa shape index (κ2) is 12.2. The summed E-state index contributed by atoms with van der Waals surface area (Å²) in [5.74, 6) is -0.246. The SMILES string of the molecule is Cc1cccc(-c2cccc(-c3c(C)c(C(=O)O)nn3C(C)(C)C)n2)c1OCc1ccc2c(c1)CCN(C1CCOCC1)C2. The number of hydrogen-bond acceptors (Lipinski definition) is 6. The Labute approximate surface area is 259 Å². The third-order valence-corrected chi connectivity index (χ3v) is 8.84. The molecule has 2 aliphatic heterocycles. The first-order chi connectivity index (χ1) is 21.1. The maximum absolute atomic E-state index is 11.9. The Bertz CT molecular complexity index is 1680. The van der Waals surface area contributed by atoms with Crippen LogP contribution in [0.4, 0.5) is 0 Å². The van der Waals surface area contributed by atoms with Gasteiger partial charge in [0.25, 0.3) is 0 Å². The number of ether oxygens (including phenoxy) is 2. The number of carboxylic acid groups (broad SMARTS) is 1. The Morgan fingerprint density at radius 2 is 1.77 bits per heavy atom. The van der Waals surface area contributed by atoms with Crippen molar-refractivity contribution in [1.29, 1.82) is 0 Å². The van der Waals surface area contributed by atoms with Crippen LogP contribution in [0.2, 0.25) is 0 Å². The fourth-order valence-electron chi connectivity index (χ4n) is 6.48.